The Kier molecular flexibility index (Phi) is 6.45. The number of nitrogens with one attached hydrogen (secondary N) is 3. The maximum Gasteiger partial charge on any atom is 0.273 e. The van der Waals surface area contributed by atoms with Gasteiger partial charge in [-0.05, 0) is 30.7 Å². The minimum atomic E-state index is -3.94. The van der Waals surface area contributed by atoms with E-state index in [1.165, 1.54) is 6.20 Å². The van der Waals surface area contributed by atoms with Crippen LogP contribution in [0.3, 0.4) is 0 Å². The van der Waals surface area contributed by atoms with Crippen LogP contribution in [0, 0.1) is 13.8 Å². The molecule has 3 aromatic rings. The van der Waals surface area contributed by atoms with Gasteiger partial charge in [0.25, 0.3) is 5.56 Å². The van der Waals surface area contributed by atoms with Crippen LogP contribution >= 0.6 is 0 Å². The van der Waals surface area contributed by atoms with E-state index in [0.717, 1.165) is 0 Å². The number of nitrogens with zero attached hydrogens (tertiary/aromatic N) is 1. The summed E-state index contributed by atoms with van der Waals surface area (Å²) in [5, 5.41) is 3.33. The highest BCUT2D eigenvalue weighted by Gasteiger charge is 2.21. The molecule has 0 bridgehead atoms. The number of nitrogen functional groups attached to an aromatic ring is 1. The van der Waals surface area contributed by atoms with E-state index in [1.807, 2.05) is 0 Å². The lowest BCUT2D eigenvalue weighted by Crippen LogP contribution is -2.34. The third-order valence-corrected chi connectivity index (χ3v) is 5.99. The van der Waals surface area contributed by atoms with Gasteiger partial charge in [0.05, 0.1) is 5.75 Å². The molecule has 32 heavy (non-hydrogen) atoms. The first-order chi connectivity index (χ1) is 15.1. The van der Waals surface area contributed by atoms with Gasteiger partial charge in [-0.3, -0.25) is 14.3 Å². The van der Waals surface area contributed by atoms with Gasteiger partial charge in [-0.2, -0.15) is 0 Å². The molecule has 10 heteroatoms. The number of H-pyrrole nitrogens is 1. The highest BCUT2D eigenvalue weighted by Crippen LogP contribution is 2.27. The van der Waals surface area contributed by atoms with Crippen molar-refractivity contribution in [1.82, 2.24) is 15.3 Å². The topological polar surface area (TPSA) is 147 Å². The summed E-state index contributed by atoms with van der Waals surface area (Å²) in [6.45, 7) is 7.33. The van der Waals surface area contributed by atoms with E-state index in [4.69, 9.17) is 5.73 Å². The molecule has 0 atom stereocenters. The molecule has 0 fully saturated rings. The van der Waals surface area contributed by atoms with Crippen LogP contribution in [0.4, 0.5) is 11.5 Å². The van der Waals surface area contributed by atoms with Gasteiger partial charge >= 0.3 is 0 Å². The molecule has 0 aliphatic heterocycles. The van der Waals surface area contributed by atoms with Crippen LogP contribution in [0.5, 0.6) is 0 Å². The second-order valence-corrected chi connectivity index (χ2v) is 8.92. The Balaban J connectivity index is 2.25. The molecule has 1 amide bonds. The molecule has 5 N–H and O–H groups in total. The van der Waals surface area contributed by atoms with Gasteiger partial charge in [0.15, 0.2) is 0 Å². The molecule has 0 spiro atoms. The highest BCUT2D eigenvalue weighted by molar-refractivity contribution is 7.91. The van der Waals surface area contributed by atoms with Gasteiger partial charge in [-0.25, -0.2) is 13.4 Å². The number of hydrogen-bond acceptors (Lipinski definition) is 6. The van der Waals surface area contributed by atoms with Crippen molar-refractivity contribution in [3.05, 3.63) is 74.1 Å². The van der Waals surface area contributed by atoms with Gasteiger partial charge in [0, 0.05) is 33.9 Å². The molecule has 2 heterocycles. The fourth-order valence-electron chi connectivity index (χ4n) is 3.32. The number of aromatic amines is 1. The maximum absolute atomic E-state index is 12.9. The Morgan fingerprint density at radius 3 is 2.56 bits per heavy atom. The first kappa shape index (κ1) is 22.8. The maximum atomic E-state index is 12.9. The van der Waals surface area contributed by atoms with Crippen LogP contribution in [-0.2, 0) is 20.6 Å². The molecule has 1 aromatic carbocycles. The molecule has 0 saturated heterocycles. The van der Waals surface area contributed by atoms with Crippen molar-refractivity contribution in [2.24, 2.45) is 0 Å². The summed E-state index contributed by atoms with van der Waals surface area (Å²) in [5.74, 6) is -0.267. The molecule has 0 unspecified atom stereocenters. The predicted molar refractivity (Wildman–Crippen MR) is 125 cm³/mol. The Hall–Kier alpha value is -3.92. The van der Waals surface area contributed by atoms with E-state index in [0.29, 0.717) is 33.8 Å². The largest absolute Gasteiger partial charge is 0.383 e. The summed E-state index contributed by atoms with van der Waals surface area (Å²) in [7, 11) is -3.94. The number of pyridine rings is 2. The van der Waals surface area contributed by atoms with Crippen LogP contribution < -0.4 is 31.8 Å². The number of carbonyl (C=O) groups excluding carboxylic acids is 1. The molecule has 0 saturated carbocycles. The SMILES string of the molecule is C=c1c(C)nc(N)c(-c2cc(C)[nH]c(=O)c2NS(=O)(=O)Cc2ccccc2)c1=CNC=O. The van der Waals surface area contributed by atoms with Crippen molar-refractivity contribution in [2.45, 2.75) is 19.6 Å². The molecule has 0 aliphatic rings. The average molecular weight is 454 g/mol. The lowest BCUT2D eigenvalue weighted by Gasteiger charge is -2.15. The van der Waals surface area contributed by atoms with E-state index >= 15 is 0 Å². The summed E-state index contributed by atoms with van der Waals surface area (Å²) in [4.78, 5) is 30.6. The molecule has 0 aliphatic carbocycles. The van der Waals surface area contributed by atoms with Crippen molar-refractivity contribution in [3.63, 3.8) is 0 Å². The van der Waals surface area contributed by atoms with Crippen molar-refractivity contribution in [3.8, 4) is 11.1 Å². The number of amides is 1. The second kappa shape index (κ2) is 9.06. The first-order valence-electron chi connectivity index (χ1n) is 9.56. The minimum absolute atomic E-state index is 0.0577. The normalized spacial score (nSPS) is 11.9. The quantitative estimate of drug-likeness (QED) is 0.383. The lowest BCUT2D eigenvalue weighted by atomic mass is 10.0. The van der Waals surface area contributed by atoms with Crippen LogP contribution in [0.25, 0.3) is 23.9 Å². The van der Waals surface area contributed by atoms with E-state index in [-0.39, 0.29) is 28.4 Å². The number of anilines is 2. The van der Waals surface area contributed by atoms with Gasteiger partial charge in [-0.15, -0.1) is 0 Å². The number of aryl methyl sites for hydroxylation is 2. The third kappa shape index (κ3) is 4.86. The van der Waals surface area contributed by atoms with Gasteiger partial charge in [0.1, 0.15) is 11.5 Å². The number of rotatable bonds is 7. The summed E-state index contributed by atoms with van der Waals surface area (Å²) < 4.78 is 28.1. The third-order valence-electron chi connectivity index (χ3n) is 4.77. The zero-order valence-electron chi connectivity index (χ0n) is 17.6. The fraction of sp³-hybridized carbons (Fsp3) is 0.136. The number of hydrogen-bond donors (Lipinski definition) is 4. The Morgan fingerprint density at radius 1 is 1.22 bits per heavy atom. The molecule has 2 aromatic heterocycles. The lowest BCUT2D eigenvalue weighted by molar-refractivity contribution is -0.108. The van der Waals surface area contributed by atoms with Crippen LogP contribution in [0.15, 0.2) is 41.2 Å². The van der Waals surface area contributed by atoms with Crippen molar-refractivity contribution in [2.75, 3.05) is 10.5 Å². The second-order valence-electron chi connectivity index (χ2n) is 7.20. The Morgan fingerprint density at radius 2 is 1.91 bits per heavy atom. The first-order valence-corrected chi connectivity index (χ1v) is 11.2. The average Bonchev–Trinajstić information content (AvgIpc) is 2.72. The van der Waals surface area contributed by atoms with Crippen LogP contribution in [0.1, 0.15) is 17.0 Å². The molecule has 3 rings (SSSR count). The molecule has 0 radical (unpaired) electrons. The zero-order chi connectivity index (χ0) is 23.5. The minimum Gasteiger partial charge on any atom is -0.383 e. The molecule has 9 nitrogen and oxygen atoms in total. The van der Waals surface area contributed by atoms with Gasteiger partial charge in [-0.1, -0.05) is 36.9 Å². The van der Waals surface area contributed by atoms with Crippen molar-refractivity contribution in [1.29, 1.82) is 0 Å². The Bertz CT molecular complexity index is 1450. The number of nitrogens with two attached hydrogens (primary N) is 1. The number of sulfonamides is 1. The van der Waals surface area contributed by atoms with Crippen LogP contribution in [-0.4, -0.2) is 24.8 Å². The van der Waals surface area contributed by atoms with E-state index in [9.17, 15) is 18.0 Å². The summed E-state index contributed by atoms with van der Waals surface area (Å²) in [5.41, 5.74) is 7.41. The summed E-state index contributed by atoms with van der Waals surface area (Å²) in [6, 6.07) is 10.2. The smallest absolute Gasteiger partial charge is 0.273 e. The van der Waals surface area contributed by atoms with E-state index in [2.05, 4.69) is 26.6 Å². The number of benzene rings is 1. The number of carbonyl (C=O) groups is 1. The van der Waals surface area contributed by atoms with E-state index < -0.39 is 15.6 Å². The summed E-state index contributed by atoms with van der Waals surface area (Å²) in [6.07, 6.45) is 1.86. The Labute approximate surface area is 184 Å². The summed E-state index contributed by atoms with van der Waals surface area (Å²) >= 11 is 0. The fourth-order valence-corrected chi connectivity index (χ4v) is 4.54. The highest BCUT2D eigenvalue weighted by atomic mass is 32.2. The molecule has 166 valence electrons. The molecular formula is C22H23N5O4S. The molecular weight excluding hydrogens is 430 g/mol. The predicted octanol–water partition coefficient (Wildman–Crippen LogP) is 0.472. The van der Waals surface area contributed by atoms with Gasteiger partial charge in [0.2, 0.25) is 16.4 Å². The van der Waals surface area contributed by atoms with Crippen molar-refractivity contribution >= 4 is 40.7 Å². The van der Waals surface area contributed by atoms with Gasteiger partial charge < -0.3 is 16.0 Å². The van der Waals surface area contributed by atoms with E-state index in [1.54, 1.807) is 50.2 Å². The van der Waals surface area contributed by atoms with Crippen molar-refractivity contribution < 1.29 is 13.2 Å². The standard InChI is InChI=1S/C22H23N5O4S/c1-13-9-17(19-18(10-24-12-28)14(2)15(3)26-21(19)23)20(22(29)25-13)27-32(30,31)11-16-7-5-4-6-8-16/h4-10,12,27H,2,11,23H2,1,3H3,(H,24,28)(H,25,29). The zero-order valence-corrected chi connectivity index (χ0v) is 18.4. The number of aromatic nitrogens is 2. The van der Waals surface area contributed by atoms with Crippen LogP contribution in [0.2, 0.25) is 0 Å². The monoisotopic (exact) mass is 453 g/mol.